The Balaban J connectivity index is 2.04. The Morgan fingerprint density at radius 2 is 1.80 bits per heavy atom. The highest BCUT2D eigenvalue weighted by Gasteiger charge is 2.29. The molecule has 2 N–H and O–H groups in total. The van der Waals surface area contributed by atoms with Gasteiger partial charge in [-0.1, -0.05) is 6.07 Å². The van der Waals surface area contributed by atoms with Crippen LogP contribution in [0.2, 0.25) is 0 Å². The summed E-state index contributed by atoms with van der Waals surface area (Å²) in [6, 6.07) is 3.60. The summed E-state index contributed by atoms with van der Waals surface area (Å²) in [6.07, 6.45) is 2.22. The molecule has 0 aromatic heterocycles. The van der Waals surface area contributed by atoms with Crippen LogP contribution < -0.4 is 4.72 Å². The molecule has 0 aliphatic heterocycles. The van der Waals surface area contributed by atoms with Crippen LogP contribution >= 0.6 is 0 Å². The molecule has 0 unspecified atom stereocenters. The monoisotopic (exact) mass is 297 g/mol. The van der Waals surface area contributed by atoms with Crippen LogP contribution in [-0.4, -0.2) is 26.2 Å². The van der Waals surface area contributed by atoms with E-state index >= 15 is 0 Å². The van der Waals surface area contributed by atoms with E-state index in [2.05, 4.69) is 4.72 Å². The van der Waals surface area contributed by atoms with Crippen molar-refractivity contribution in [1.82, 2.24) is 4.72 Å². The molecule has 0 bridgehead atoms. The topological polar surface area (TPSA) is 66.4 Å². The van der Waals surface area contributed by atoms with Crippen LogP contribution in [0.25, 0.3) is 0 Å². The summed E-state index contributed by atoms with van der Waals surface area (Å²) < 4.78 is 27.2. The summed E-state index contributed by atoms with van der Waals surface area (Å²) in [5, 5.41) is 9.76. The van der Waals surface area contributed by atoms with Crippen LogP contribution in [0.3, 0.4) is 0 Å². The van der Waals surface area contributed by atoms with Crippen LogP contribution in [0.1, 0.15) is 36.0 Å². The number of rotatable bonds is 6. The van der Waals surface area contributed by atoms with Crippen LogP contribution in [-0.2, 0) is 10.0 Å². The highest BCUT2D eigenvalue weighted by Crippen LogP contribution is 2.33. The zero-order valence-corrected chi connectivity index (χ0v) is 13.1. The van der Waals surface area contributed by atoms with Crippen LogP contribution in [0.5, 0.6) is 0 Å². The molecule has 1 fully saturated rings. The number of sulfonamides is 1. The number of hydrogen-bond acceptors (Lipinski definition) is 3. The minimum absolute atomic E-state index is 0.284. The van der Waals surface area contributed by atoms with Gasteiger partial charge in [0, 0.05) is 6.54 Å². The molecule has 1 aromatic rings. The first kappa shape index (κ1) is 15.5. The Labute approximate surface area is 121 Å². The third-order valence-electron chi connectivity index (χ3n) is 3.98. The molecule has 0 saturated heterocycles. The van der Waals surface area contributed by atoms with Gasteiger partial charge in [0.25, 0.3) is 0 Å². The summed E-state index contributed by atoms with van der Waals surface area (Å²) in [4.78, 5) is 0.335. The third-order valence-corrected chi connectivity index (χ3v) is 5.58. The lowest BCUT2D eigenvalue weighted by Crippen LogP contribution is -2.28. The van der Waals surface area contributed by atoms with Crippen molar-refractivity contribution in [2.75, 3.05) is 6.54 Å². The smallest absolute Gasteiger partial charge is 0.240 e. The molecule has 1 aliphatic carbocycles. The Bertz CT molecular complexity index is 591. The standard InChI is InChI=1S/C15H23NO3S/c1-10-8-12(3)15(9-11(10)2)20(18,19)16-7-6-14(17)13-4-5-13/h8-9,13-14,16-17H,4-7H2,1-3H3/t14-/m0/s1. The average Bonchev–Trinajstić information content (AvgIpc) is 3.17. The minimum Gasteiger partial charge on any atom is -0.393 e. The molecule has 1 aromatic carbocycles. The zero-order chi connectivity index (χ0) is 14.9. The molecule has 20 heavy (non-hydrogen) atoms. The average molecular weight is 297 g/mol. The summed E-state index contributed by atoms with van der Waals surface area (Å²) >= 11 is 0. The maximum absolute atomic E-state index is 12.3. The molecule has 0 heterocycles. The number of hydrogen-bond donors (Lipinski definition) is 2. The minimum atomic E-state index is -3.49. The van der Waals surface area contributed by atoms with Crippen molar-refractivity contribution in [2.45, 2.75) is 51.0 Å². The Kier molecular flexibility index (Phi) is 4.52. The van der Waals surface area contributed by atoms with Crippen molar-refractivity contribution in [1.29, 1.82) is 0 Å². The van der Waals surface area contributed by atoms with Gasteiger partial charge in [0.1, 0.15) is 0 Å². The lowest BCUT2D eigenvalue weighted by Gasteiger charge is -2.13. The largest absolute Gasteiger partial charge is 0.393 e. The summed E-state index contributed by atoms with van der Waals surface area (Å²) in [7, 11) is -3.49. The Morgan fingerprint density at radius 3 is 2.40 bits per heavy atom. The van der Waals surface area contributed by atoms with E-state index in [-0.39, 0.29) is 12.6 Å². The third kappa shape index (κ3) is 3.59. The van der Waals surface area contributed by atoms with E-state index in [4.69, 9.17) is 0 Å². The molecular formula is C15H23NO3S. The molecule has 5 heteroatoms. The zero-order valence-electron chi connectivity index (χ0n) is 12.3. The molecule has 1 saturated carbocycles. The van der Waals surface area contributed by atoms with Crippen molar-refractivity contribution in [3.8, 4) is 0 Å². The van der Waals surface area contributed by atoms with Crippen LogP contribution in [0.15, 0.2) is 17.0 Å². The molecule has 112 valence electrons. The predicted octanol–water partition coefficient (Wildman–Crippen LogP) is 2.05. The van der Waals surface area contributed by atoms with Gasteiger partial charge >= 0.3 is 0 Å². The van der Waals surface area contributed by atoms with E-state index in [1.807, 2.05) is 19.9 Å². The quantitative estimate of drug-likeness (QED) is 0.844. The fraction of sp³-hybridized carbons (Fsp3) is 0.600. The lowest BCUT2D eigenvalue weighted by molar-refractivity contribution is 0.143. The number of aliphatic hydroxyl groups is 1. The summed E-state index contributed by atoms with van der Waals surface area (Å²) in [5.74, 6) is 0.378. The first-order valence-electron chi connectivity index (χ1n) is 7.07. The fourth-order valence-corrected chi connectivity index (χ4v) is 3.72. The van der Waals surface area contributed by atoms with Crippen LogP contribution in [0.4, 0.5) is 0 Å². The highest BCUT2D eigenvalue weighted by molar-refractivity contribution is 7.89. The van der Waals surface area contributed by atoms with Crippen molar-refractivity contribution in [3.05, 3.63) is 28.8 Å². The number of aliphatic hydroxyl groups excluding tert-OH is 1. The molecule has 4 nitrogen and oxygen atoms in total. The molecule has 1 aliphatic rings. The second-order valence-electron chi connectivity index (χ2n) is 5.79. The van der Waals surface area contributed by atoms with Gasteiger partial charge in [-0.15, -0.1) is 0 Å². The van der Waals surface area contributed by atoms with Gasteiger partial charge in [-0.2, -0.15) is 0 Å². The number of aryl methyl sites for hydroxylation is 3. The van der Waals surface area contributed by atoms with Crippen molar-refractivity contribution in [2.24, 2.45) is 5.92 Å². The molecule has 0 spiro atoms. The number of benzene rings is 1. The van der Waals surface area contributed by atoms with Gasteiger partial charge in [0.2, 0.25) is 10.0 Å². The van der Waals surface area contributed by atoms with E-state index in [0.29, 0.717) is 17.2 Å². The Morgan fingerprint density at radius 1 is 1.20 bits per heavy atom. The normalized spacial score (nSPS) is 17.2. The highest BCUT2D eigenvalue weighted by atomic mass is 32.2. The first-order chi connectivity index (χ1) is 9.31. The SMILES string of the molecule is Cc1cc(C)c(S(=O)(=O)NCC[C@H](O)C2CC2)cc1C. The first-order valence-corrected chi connectivity index (χ1v) is 8.55. The molecular weight excluding hydrogens is 274 g/mol. The Hall–Kier alpha value is -0.910. The maximum atomic E-state index is 12.3. The molecule has 0 amide bonds. The lowest BCUT2D eigenvalue weighted by atomic mass is 10.1. The van der Waals surface area contributed by atoms with Gasteiger partial charge in [-0.05, 0) is 68.7 Å². The van der Waals surface area contributed by atoms with Crippen molar-refractivity contribution in [3.63, 3.8) is 0 Å². The van der Waals surface area contributed by atoms with E-state index in [1.165, 1.54) is 0 Å². The van der Waals surface area contributed by atoms with Gasteiger partial charge in [-0.3, -0.25) is 0 Å². The van der Waals surface area contributed by atoms with Gasteiger partial charge in [0.05, 0.1) is 11.0 Å². The second kappa shape index (κ2) is 5.84. The van der Waals surface area contributed by atoms with Gasteiger partial charge in [0.15, 0.2) is 0 Å². The molecule has 1 atom stereocenters. The van der Waals surface area contributed by atoms with Crippen LogP contribution in [0, 0.1) is 26.7 Å². The summed E-state index contributed by atoms with van der Waals surface area (Å²) in [5.41, 5.74) is 2.81. The van der Waals surface area contributed by atoms with E-state index in [1.54, 1.807) is 13.0 Å². The van der Waals surface area contributed by atoms with Crippen molar-refractivity contribution < 1.29 is 13.5 Å². The van der Waals surface area contributed by atoms with E-state index in [9.17, 15) is 13.5 Å². The maximum Gasteiger partial charge on any atom is 0.240 e. The fourth-order valence-electron chi connectivity index (χ4n) is 2.36. The van der Waals surface area contributed by atoms with Crippen molar-refractivity contribution >= 4 is 10.0 Å². The van der Waals surface area contributed by atoms with E-state index in [0.717, 1.165) is 29.5 Å². The molecule has 0 radical (unpaired) electrons. The second-order valence-corrected chi connectivity index (χ2v) is 7.53. The van der Waals surface area contributed by atoms with Gasteiger partial charge < -0.3 is 5.11 Å². The van der Waals surface area contributed by atoms with Gasteiger partial charge in [-0.25, -0.2) is 13.1 Å². The molecule has 2 rings (SSSR count). The summed E-state index contributed by atoms with van der Waals surface area (Å²) in [6.45, 7) is 5.97. The van der Waals surface area contributed by atoms with E-state index < -0.39 is 10.0 Å². The number of nitrogens with one attached hydrogen (secondary N) is 1. The predicted molar refractivity (Wildman–Crippen MR) is 79.2 cm³/mol.